The Morgan fingerprint density at radius 1 is 1.06 bits per heavy atom. The number of carbonyl (C=O) groups is 1. The van der Waals surface area contributed by atoms with Gasteiger partial charge in [-0.25, -0.2) is 24.5 Å². The van der Waals surface area contributed by atoms with Crippen LogP contribution in [-0.4, -0.2) is 47.9 Å². The maximum atomic E-state index is 13.1. The summed E-state index contributed by atoms with van der Waals surface area (Å²) in [5.74, 6) is -0.111. The number of piperidine rings is 1. The van der Waals surface area contributed by atoms with Gasteiger partial charge in [0.1, 0.15) is 17.8 Å². The lowest BCUT2D eigenvalue weighted by atomic mass is 10.0. The van der Waals surface area contributed by atoms with Gasteiger partial charge in [0, 0.05) is 44.0 Å². The summed E-state index contributed by atoms with van der Waals surface area (Å²) in [6.45, 7) is 1.35. The zero-order valence-corrected chi connectivity index (χ0v) is 18.8. The molecule has 1 aliphatic rings. The lowest BCUT2D eigenvalue weighted by Gasteiger charge is -2.33. The van der Waals surface area contributed by atoms with Crippen LogP contribution in [-0.2, 0) is 7.05 Å². The zero-order valence-electron chi connectivity index (χ0n) is 18.8. The van der Waals surface area contributed by atoms with Crippen molar-refractivity contribution in [3.63, 3.8) is 0 Å². The van der Waals surface area contributed by atoms with Crippen LogP contribution in [0.3, 0.4) is 0 Å². The van der Waals surface area contributed by atoms with E-state index in [1.54, 1.807) is 42.1 Å². The first-order valence-corrected chi connectivity index (χ1v) is 11.3. The molecule has 0 atom stereocenters. The van der Waals surface area contributed by atoms with E-state index in [1.807, 2.05) is 12.1 Å². The third-order valence-corrected chi connectivity index (χ3v) is 6.58. The number of aromatic nitrogens is 6. The summed E-state index contributed by atoms with van der Waals surface area (Å²) in [5, 5.41) is 0. The lowest BCUT2D eigenvalue weighted by molar-refractivity contribution is 0.103. The molecule has 0 bridgehead atoms. The number of H-pyrrole nitrogens is 1. The van der Waals surface area contributed by atoms with Gasteiger partial charge in [-0.05, 0) is 43.2 Å². The Morgan fingerprint density at radius 2 is 1.89 bits per heavy atom. The smallest absolute Gasteiger partial charge is 0.408 e. The highest BCUT2D eigenvalue weighted by Gasteiger charge is 2.25. The van der Waals surface area contributed by atoms with Gasteiger partial charge in [-0.1, -0.05) is 0 Å². The highest BCUT2D eigenvalue weighted by Crippen LogP contribution is 2.27. The van der Waals surface area contributed by atoms with Crippen LogP contribution in [0.5, 0.6) is 0 Å². The fraction of sp³-hybridized carbons (Fsp3) is 0.250. The molecule has 0 amide bonds. The molecule has 0 aliphatic carbocycles. The molecule has 0 spiro atoms. The number of aryl methyl sites for hydroxylation is 1. The monoisotopic (exact) mass is 471 g/mol. The van der Waals surface area contributed by atoms with Crippen LogP contribution in [0.25, 0.3) is 22.3 Å². The van der Waals surface area contributed by atoms with Crippen LogP contribution in [0.2, 0.25) is 0 Å². The Bertz CT molecular complexity index is 1700. The molecule has 11 nitrogen and oxygen atoms in total. The van der Waals surface area contributed by atoms with E-state index in [0.29, 0.717) is 41.2 Å². The third kappa shape index (κ3) is 3.52. The molecule has 5 aromatic rings. The van der Waals surface area contributed by atoms with Crippen LogP contribution in [0.4, 0.5) is 5.82 Å². The third-order valence-electron chi connectivity index (χ3n) is 6.58. The van der Waals surface area contributed by atoms with Crippen molar-refractivity contribution >= 4 is 33.9 Å². The number of aromatic amines is 1. The maximum absolute atomic E-state index is 13.1. The highest BCUT2D eigenvalue weighted by atomic mass is 16.4. The average molecular weight is 471 g/mol. The van der Waals surface area contributed by atoms with Gasteiger partial charge >= 0.3 is 11.4 Å². The standard InChI is InChI=1S/C24H21N7O4/c1-29-17-5-4-14(11-19(17)35-24(29)34)21(32)16-12-20(27-13-26-16)30-9-6-15(7-10-30)31-18-3-2-8-25-22(18)28-23(31)33/h2-5,8,11-13,15H,6-7,9-10H2,1H3,(H,25,28,33). The number of fused-ring (bicyclic) bond motifs is 2. The topological polar surface area (TPSA) is 132 Å². The lowest BCUT2D eigenvalue weighted by Crippen LogP contribution is -2.37. The molecular formula is C24H21N7O4. The summed E-state index contributed by atoms with van der Waals surface area (Å²) in [7, 11) is 1.61. The number of hydrogen-bond acceptors (Lipinski definition) is 8. The summed E-state index contributed by atoms with van der Waals surface area (Å²) in [6, 6.07) is 10.3. The van der Waals surface area contributed by atoms with E-state index in [1.165, 1.54) is 10.9 Å². The molecule has 6 rings (SSSR count). The predicted octanol–water partition coefficient (Wildman–Crippen LogP) is 2.03. The van der Waals surface area contributed by atoms with Crippen molar-refractivity contribution in [2.45, 2.75) is 18.9 Å². The van der Waals surface area contributed by atoms with E-state index in [4.69, 9.17) is 4.42 Å². The Kier molecular flexibility index (Phi) is 4.83. The highest BCUT2D eigenvalue weighted by molar-refractivity contribution is 6.09. The van der Waals surface area contributed by atoms with Crippen molar-refractivity contribution in [2.24, 2.45) is 7.05 Å². The number of nitrogens with zero attached hydrogens (tertiary/aromatic N) is 6. The molecule has 1 N–H and O–H groups in total. The fourth-order valence-electron chi connectivity index (χ4n) is 4.74. The van der Waals surface area contributed by atoms with Gasteiger partial charge in [0.05, 0.1) is 11.0 Å². The van der Waals surface area contributed by atoms with E-state index in [0.717, 1.165) is 18.4 Å². The van der Waals surface area contributed by atoms with Crippen LogP contribution < -0.4 is 16.3 Å². The maximum Gasteiger partial charge on any atom is 0.419 e. The molecule has 5 heterocycles. The molecule has 0 saturated carbocycles. The van der Waals surface area contributed by atoms with Gasteiger partial charge in [0.15, 0.2) is 11.2 Å². The second-order valence-corrected chi connectivity index (χ2v) is 8.59. The molecule has 1 saturated heterocycles. The van der Waals surface area contributed by atoms with Gasteiger partial charge < -0.3 is 9.32 Å². The molecule has 1 fully saturated rings. The number of carbonyl (C=O) groups excluding carboxylic acids is 1. The first-order chi connectivity index (χ1) is 17.0. The normalized spacial score (nSPS) is 14.7. The molecular weight excluding hydrogens is 450 g/mol. The van der Waals surface area contributed by atoms with Gasteiger partial charge in [-0.2, -0.15) is 0 Å². The summed E-state index contributed by atoms with van der Waals surface area (Å²) in [6.07, 6.45) is 4.54. The Balaban J connectivity index is 1.22. The summed E-state index contributed by atoms with van der Waals surface area (Å²) < 4.78 is 8.37. The van der Waals surface area contributed by atoms with Crippen molar-refractivity contribution in [1.29, 1.82) is 0 Å². The van der Waals surface area contributed by atoms with Crippen LogP contribution in [0.15, 0.2) is 62.9 Å². The predicted molar refractivity (Wildman–Crippen MR) is 128 cm³/mol. The summed E-state index contributed by atoms with van der Waals surface area (Å²) in [4.78, 5) is 55.1. The number of oxazole rings is 1. The number of pyridine rings is 1. The largest absolute Gasteiger partial charge is 0.419 e. The second kappa shape index (κ2) is 8.05. The molecule has 176 valence electrons. The van der Waals surface area contributed by atoms with Crippen LogP contribution >= 0.6 is 0 Å². The molecule has 0 radical (unpaired) electrons. The van der Waals surface area contributed by atoms with Crippen molar-refractivity contribution in [3.8, 4) is 0 Å². The quantitative estimate of drug-likeness (QED) is 0.394. The minimum Gasteiger partial charge on any atom is -0.408 e. The number of imidazole rings is 1. The first kappa shape index (κ1) is 21.0. The van der Waals surface area contributed by atoms with Crippen LogP contribution in [0, 0.1) is 0 Å². The first-order valence-electron chi connectivity index (χ1n) is 11.3. The van der Waals surface area contributed by atoms with Gasteiger partial charge in [-0.3, -0.25) is 18.9 Å². The van der Waals surface area contributed by atoms with Crippen molar-refractivity contribution in [3.05, 3.63) is 81.2 Å². The van der Waals surface area contributed by atoms with E-state index in [2.05, 4.69) is 24.8 Å². The Labute approximate surface area is 197 Å². The van der Waals surface area contributed by atoms with Crippen LogP contribution in [0.1, 0.15) is 34.9 Å². The van der Waals surface area contributed by atoms with Crippen molar-refractivity contribution in [2.75, 3.05) is 18.0 Å². The van der Waals surface area contributed by atoms with Gasteiger partial charge in [0.25, 0.3) is 0 Å². The van der Waals surface area contributed by atoms with E-state index >= 15 is 0 Å². The Hall–Kier alpha value is -4.54. The van der Waals surface area contributed by atoms with Gasteiger partial charge in [-0.15, -0.1) is 0 Å². The summed E-state index contributed by atoms with van der Waals surface area (Å²) in [5.41, 5.74) is 2.84. The number of ketones is 1. The SMILES string of the molecule is Cn1c(=O)oc2cc(C(=O)c3cc(N4CCC(n5c(=O)[nH]c6ncccc65)CC4)ncn3)ccc21. The van der Waals surface area contributed by atoms with Crippen molar-refractivity contribution in [1.82, 2.24) is 29.1 Å². The van der Waals surface area contributed by atoms with Crippen molar-refractivity contribution < 1.29 is 9.21 Å². The molecule has 11 heteroatoms. The van der Waals surface area contributed by atoms with E-state index in [9.17, 15) is 14.4 Å². The molecule has 1 aromatic carbocycles. The molecule has 35 heavy (non-hydrogen) atoms. The Morgan fingerprint density at radius 3 is 2.71 bits per heavy atom. The van der Waals surface area contributed by atoms with Gasteiger partial charge in [0.2, 0.25) is 5.78 Å². The fourth-order valence-corrected chi connectivity index (χ4v) is 4.74. The van der Waals surface area contributed by atoms with E-state index in [-0.39, 0.29) is 23.2 Å². The second-order valence-electron chi connectivity index (χ2n) is 8.59. The zero-order chi connectivity index (χ0) is 24.1. The summed E-state index contributed by atoms with van der Waals surface area (Å²) >= 11 is 0. The number of anilines is 1. The number of benzene rings is 1. The molecule has 4 aromatic heterocycles. The minimum absolute atomic E-state index is 0.0481. The number of hydrogen-bond donors (Lipinski definition) is 1. The number of nitrogens with one attached hydrogen (secondary N) is 1. The average Bonchev–Trinajstić information content (AvgIpc) is 3.38. The van der Waals surface area contributed by atoms with E-state index < -0.39 is 5.76 Å². The minimum atomic E-state index is -0.483. The number of rotatable bonds is 4. The molecule has 0 unspecified atom stereocenters. The molecule has 1 aliphatic heterocycles.